The minimum Gasteiger partial charge on any atom is -0.327 e. The van der Waals surface area contributed by atoms with E-state index in [-0.39, 0.29) is 0 Å². The molecule has 1 saturated heterocycles. The first-order valence-corrected chi connectivity index (χ1v) is 5.50. The Morgan fingerprint density at radius 3 is 2.50 bits per heavy atom. The van der Waals surface area contributed by atoms with Crippen molar-refractivity contribution in [3.05, 3.63) is 0 Å². The molecule has 0 bridgehead atoms. The fraction of sp³-hybridized carbons (Fsp3) is 1.00. The number of nitrogens with two attached hydrogens (primary N) is 1. The van der Waals surface area contributed by atoms with Gasteiger partial charge in [0.15, 0.2) is 0 Å². The smallest absolute Gasteiger partial charge is 0.0157 e. The average Bonchev–Trinajstić information content (AvgIpc) is 2.17. The molecule has 0 spiro atoms. The lowest BCUT2D eigenvalue weighted by Gasteiger charge is -2.33. The van der Waals surface area contributed by atoms with Gasteiger partial charge >= 0.3 is 0 Å². The maximum atomic E-state index is 5.94. The van der Waals surface area contributed by atoms with E-state index in [1.54, 1.807) is 0 Å². The molecule has 0 aromatic carbocycles. The lowest BCUT2D eigenvalue weighted by molar-refractivity contribution is 0.180. The van der Waals surface area contributed by atoms with Gasteiger partial charge in [0.25, 0.3) is 0 Å². The fourth-order valence-corrected chi connectivity index (χ4v) is 2.14. The molecule has 1 rings (SSSR count). The van der Waals surface area contributed by atoms with Crippen LogP contribution in [0.15, 0.2) is 0 Å². The zero-order valence-electron chi connectivity index (χ0n) is 7.87. The van der Waals surface area contributed by atoms with Crippen molar-refractivity contribution in [2.75, 3.05) is 25.4 Å². The molecule has 1 aliphatic heterocycles. The molecule has 2 N–H and O–H groups in total. The largest absolute Gasteiger partial charge is 0.327 e. The molecule has 0 amide bonds. The molecule has 1 aliphatic rings. The Balaban J connectivity index is 2.25. The van der Waals surface area contributed by atoms with E-state index in [0.29, 0.717) is 12.0 Å². The van der Waals surface area contributed by atoms with Crippen LogP contribution in [0, 0.1) is 5.92 Å². The molecule has 0 aromatic heterocycles. The normalized spacial score (nSPS) is 24.2. The summed E-state index contributed by atoms with van der Waals surface area (Å²) in [5, 5.41) is 0. The second-order valence-corrected chi connectivity index (χ2v) is 3.98. The average molecular weight is 188 g/mol. The van der Waals surface area contributed by atoms with Gasteiger partial charge in [0.2, 0.25) is 0 Å². The third kappa shape index (κ3) is 2.64. The van der Waals surface area contributed by atoms with E-state index in [4.69, 9.17) is 5.73 Å². The molecule has 0 saturated carbocycles. The standard InChI is InChI=1S/C9H20N2S/c1-2-11-5-3-8(4-6-11)9(10)7-12/h8-9,12H,2-7,10H2,1H3. The molecular formula is C9H20N2S. The zero-order chi connectivity index (χ0) is 8.97. The fourth-order valence-electron chi connectivity index (χ4n) is 1.85. The van der Waals surface area contributed by atoms with Gasteiger partial charge in [-0.15, -0.1) is 0 Å². The third-order valence-corrected chi connectivity index (χ3v) is 3.32. The van der Waals surface area contributed by atoms with Crippen molar-refractivity contribution < 1.29 is 0 Å². The summed E-state index contributed by atoms with van der Waals surface area (Å²) in [6.07, 6.45) is 2.52. The molecule has 0 aliphatic carbocycles. The Hall–Kier alpha value is 0.270. The van der Waals surface area contributed by atoms with Crippen LogP contribution in [0.1, 0.15) is 19.8 Å². The summed E-state index contributed by atoms with van der Waals surface area (Å²) in [5.41, 5.74) is 5.94. The van der Waals surface area contributed by atoms with Crippen molar-refractivity contribution in [2.24, 2.45) is 11.7 Å². The van der Waals surface area contributed by atoms with E-state index in [2.05, 4.69) is 24.5 Å². The number of likely N-dealkylation sites (tertiary alicyclic amines) is 1. The number of nitrogens with zero attached hydrogens (tertiary/aromatic N) is 1. The molecular weight excluding hydrogens is 168 g/mol. The second kappa shape index (κ2) is 5.10. The summed E-state index contributed by atoms with van der Waals surface area (Å²) >= 11 is 4.23. The van der Waals surface area contributed by atoms with Gasteiger partial charge in [-0.1, -0.05) is 6.92 Å². The predicted octanol–water partition coefficient (Wildman–Crippen LogP) is 0.975. The topological polar surface area (TPSA) is 29.3 Å². The highest BCUT2D eigenvalue weighted by Gasteiger charge is 2.22. The Labute approximate surface area is 80.9 Å². The van der Waals surface area contributed by atoms with E-state index in [9.17, 15) is 0 Å². The molecule has 72 valence electrons. The van der Waals surface area contributed by atoms with Gasteiger partial charge in [0, 0.05) is 11.8 Å². The van der Waals surface area contributed by atoms with Gasteiger partial charge in [0.1, 0.15) is 0 Å². The first-order valence-electron chi connectivity index (χ1n) is 4.86. The van der Waals surface area contributed by atoms with Crippen molar-refractivity contribution >= 4 is 12.6 Å². The van der Waals surface area contributed by atoms with Crippen LogP contribution in [0.25, 0.3) is 0 Å². The first kappa shape index (κ1) is 10.4. The lowest BCUT2D eigenvalue weighted by Crippen LogP contribution is -2.41. The summed E-state index contributed by atoms with van der Waals surface area (Å²) in [7, 11) is 0. The van der Waals surface area contributed by atoms with Gasteiger partial charge in [-0.3, -0.25) is 0 Å². The van der Waals surface area contributed by atoms with Crippen molar-refractivity contribution in [3.8, 4) is 0 Å². The number of thiol groups is 1. The number of hydrogen-bond donors (Lipinski definition) is 2. The van der Waals surface area contributed by atoms with Crippen LogP contribution in [-0.2, 0) is 0 Å². The van der Waals surface area contributed by atoms with Crippen molar-refractivity contribution in [1.82, 2.24) is 4.90 Å². The summed E-state index contributed by atoms with van der Waals surface area (Å²) in [6, 6.07) is 0.312. The molecule has 0 aromatic rings. The monoisotopic (exact) mass is 188 g/mol. The number of hydrogen-bond acceptors (Lipinski definition) is 3. The highest BCUT2D eigenvalue weighted by molar-refractivity contribution is 7.80. The number of rotatable bonds is 3. The van der Waals surface area contributed by atoms with Crippen LogP contribution < -0.4 is 5.73 Å². The van der Waals surface area contributed by atoms with Gasteiger partial charge in [0.05, 0.1) is 0 Å². The van der Waals surface area contributed by atoms with Crippen LogP contribution in [0.5, 0.6) is 0 Å². The second-order valence-electron chi connectivity index (χ2n) is 3.62. The summed E-state index contributed by atoms with van der Waals surface area (Å²) in [6.45, 7) is 5.85. The summed E-state index contributed by atoms with van der Waals surface area (Å²) < 4.78 is 0. The van der Waals surface area contributed by atoms with Crippen molar-refractivity contribution in [3.63, 3.8) is 0 Å². The molecule has 1 heterocycles. The van der Waals surface area contributed by atoms with E-state index in [1.807, 2.05) is 0 Å². The Bertz CT molecular complexity index is 122. The number of piperidine rings is 1. The third-order valence-electron chi connectivity index (χ3n) is 2.90. The molecule has 12 heavy (non-hydrogen) atoms. The van der Waals surface area contributed by atoms with Gasteiger partial charge < -0.3 is 10.6 Å². The van der Waals surface area contributed by atoms with E-state index < -0.39 is 0 Å². The summed E-state index contributed by atoms with van der Waals surface area (Å²) in [5.74, 6) is 1.54. The first-order chi connectivity index (χ1) is 5.77. The van der Waals surface area contributed by atoms with Gasteiger partial charge in [-0.2, -0.15) is 12.6 Å². The van der Waals surface area contributed by atoms with Crippen molar-refractivity contribution in [2.45, 2.75) is 25.8 Å². The molecule has 1 unspecified atom stereocenters. The quantitative estimate of drug-likeness (QED) is 0.646. The lowest BCUT2D eigenvalue weighted by atomic mass is 9.91. The minimum absolute atomic E-state index is 0.312. The molecule has 0 radical (unpaired) electrons. The van der Waals surface area contributed by atoms with E-state index >= 15 is 0 Å². The van der Waals surface area contributed by atoms with Gasteiger partial charge in [-0.25, -0.2) is 0 Å². The summed E-state index contributed by atoms with van der Waals surface area (Å²) in [4.78, 5) is 2.49. The van der Waals surface area contributed by atoms with Crippen LogP contribution in [0.4, 0.5) is 0 Å². The predicted molar refractivity (Wildman–Crippen MR) is 56.7 cm³/mol. The maximum Gasteiger partial charge on any atom is 0.0157 e. The zero-order valence-corrected chi connectivity index (χ0v) is 8.76. The highest BCUT2D eigenvalue weighted by atomic mass is 32.1. The van der Waals surface area contributed by atoms with E-state index in [0.717, 1.165) is 5.75 Å². The van der Waals surface area contributed by atoms with Crippen LogP contribution in [-0.4, -0.2) is 36.3 Å². The molecule has 3 heteroatoms. The highest BCUT2D eigenvalue weighted by Crippen LogP contribution is 2.19. The Kier molecular flexibility index (Phi) is 4.40. The van der Waals surface area contributed by atoms with E-state index in [1.165, 1.54) is 32.5 Å². The molecule has 1 atom stereocenters. The van der Waals surface area contributed by atoms with Crippen LogP contribution >= 0.6 is 12.6 Å². The Morgan fingerprint density at radius 2 is 2.08 bits per heavy atom. The maximum absolute atomic E-state index is 5.94. The van der Waals surface area contributed by atoms with Crippen LogP contribution in [0.2, 0.25) is 0 Å². The Morgan fingerprint density at radius 1 is 1.50 bits per heavy atom. The van der Waals surface area contributed by atoms with Crippen LogP contribution in [0.3, 0.4) is 0 Å². The molecule has 2 nitrogen and oxygen atoms in total. The van der Waals surface area contributed by atoms with Crippen molar-refractivity contribution in [1.29, 1.82) is 0 Å². The minimum atomic E-state index is 0.312. The SMILES string of the molecule is CCN1CCC(C(N)CS)CC1. The van der Waals surface area contributed by atoms with Gasteiger partial charge in [-0.05, 0) is 38.4 Å². The molecule has 1 fully saturated rings.